The SMILES string of the molecule is Cc1cccc2scc(Cn3c(=O)n(CCCC(=O)O)c4ccccc43)c12. The van der Waals surface area contributed by atoms with Crippen molar-refractivity contribution in [1.82, 2.24) is 9.13 Å². The lowest BCUT2D eigenvalue weighted by molar-refractivity contribution is -0.137. The summed E-state index contributed by atoms with van der Waals surface area (Å²) in [5.41, 5.74) is 4.00. The summed E-state index contributed by atoms with van der Waals surface area (Å²) in [7, 11) is 0. The Labute approximate surface area is 160 Å². The summed E-state index contributed by atoms with van der Waals surface area (Å²) in [5.74, 6) is -0.841. The van der Waals surface area contributed by atoms with Gasteiger partial charge in [0.25, 0.3) is 0 Å². The molecule has 6 heteroatoms. The van der Waals surface area contributed by atoms with Gasteiger partial charge in [-0.25, -0.2) is 4.79 Å². The number of aliphatic carboxylic acids is 1. The number of hydrogen-bond donors (Lipinski definition) is 1. The molecule has 138 valence electrons. The van der Waals surface area contributed by atoms with Gasteiger partial charge in [0.05, 0.1) is 17.6 Å². The number of carbonyl (C=O) groups is 1. The Hall–Kier alpha value is -2.86. The van der Waals surface area contributed by atoms with Crippen LogP contribution in [0.25, 0.3) is 21.1 Å². The van der Waals surface area contributed by atoms with E-state index in [1.807, 2.05) is 24.3 Å². The highest BCUT2D eigenvalue weighted by atomic mass is 32.1. The molecule has 1 N–H and O–H groups in total. The van der Waals surface area contributed by atoms with Gasteiger partial charge in [-0.2, -0.15) is 0 Å². The van der Waals surface area contributed by atoms with Crippen LogP contribution in [0.15, 0.2) is 52.6 Å². The number of benzene rings is 2. The fourth-order valence-corrected chi connectivity index (χ4v) is 4.69. The number of thiophene rings is 1. The number of carboxylic acids is 1. The first-order valence-electron chi connectivity index (χ1n) is 8.92. The van der Waals surface area contributed by atoms with Crippen molar-refractivity contribution in [2.24, 2.45) is 0 Å². The maximum atomic E-state index is 13.1. The van der Waals surface area contributed by atoms with E-state index < -0.39 is 5.97 Å². The number of hydrogen-bond acceptors (Lipinski definition) is 3. The fraction of sp³-hybridized carbons (Fsp3) is 0.238. The maximum Gasteiger partial charge on any atom is 0.329 e. The summed E-state index contributed by atoms with van der Waals surface area (Å²) in [4.78, 5) is 23.9. The number of aromatic nitrogens is 2. The summed E-state index contributed by atoms with van der Waals surface area (Å²) < 4.78 is 4.72. The molecule has 0 saturated heterocycles. The molecule has 2 aromatic heterocycles. The highest BCUT2D eigenvalue weighted by Crippen LogP contribution is 2.29. The van der Waals surface area contributed by atoms with Gasteiger partial charge in [0.2, 0.25) is 0 Å². The van der Waals surface area contributed by atoms with E-state index in [1.165, 1.54) is 15.6 Å². The minimum Gasteiger partial charge on any atom is -0.481 e. The number of rotatable bonds is 6. The molecule has 2 heterocycles. The molecule has 0 aliphatic carbocycles. The number of carboxylic acid groups (broad SMARTS) is 1. The molecule has 2 aromatic carbocycles. The predicted molar refractivity (Wildman–Crippen MR) is 109 cm³/mol. The normalized spacial score (nSPS) is 11.4. The average Bonchev–Trinajstić information content (AvgIpc) is 3.17. The van der Waals surface area contributed by atoms with Crippen LogP contribution < -0.4 is 5.69 Å². The van der Waals surface area contributed by atoms with Gasteiger partial charge in [-0.1, -0.05) is 24.3 Å². The fourth-order valence-electron chi connectivity index (χ4n) is 3.66. The van der Waals surface area contributed by atoms with Crippen molar-refractivity contribution in [3.8, 4) is 0 Å². The van der Waals surface area contributed by atoms with Crippen molar-refractivity contribution < 1.29 is 9.90 Å². The van der Waals surface area contributed by atoms with Crippen LogP contribution in [0.1, 0.15) is 24.0 Å². The zero-order valence-electron chi connectivity index (χ0n) is 15.0. The van der Waals surface area contributed by atoms with Crippen LogP contribution in [-0.4, -0.2) is 20.2 Å². The molecule has 0 unspecified atom stereocenters. The van der Waals surface area contributed by atoms with Crippen molar-refractivity contribution in [3.63, 3.8) is 0 Å². The molecule has 4 aromatic rings. The maximum absolute atomic E-state index is 13.1. The molecular weight excluding hydrogens is 360 g/mol. The first-order chi connectivity index (χ1) is 13.1. The quantitative estimate of drug-likeness (QED) is 0.544. The van der Waals surface area contributed by atoms with Crippen LogP contribution in [0, 0.1) is 6.92 Å². The lowest BCUT2D eigenvalue weighted by atomic mass is 10.1. The van der Waals surface area contributed by atoms with Gasteiger partial charge >= 0.3 is 11.7 Å². The molecule has 0 spiro atoms. The average molecular weight is 380 g/mol. The van der Waals surface area contributed by atoms with E-state index in [0.717, 1.165) is 16.6 Å². The molecule has 4 rings (SSSR count). The number of aryl methyl sites for hydroxylation is 2. The van der Waals surface area contributed by atoms with Gasteiger partial charge in [0, 0.05) is 23.1 Å². The molecule has 0 atom stereocenters. The van der Waals surface area contributed by atoms with Crippen LogP contribution in [0.2, 0.25) is 0 Å². The zero-order valence-corrected chi connectivity index (χ0v) is 15.8. The Kier molecular flexibility index (Phi) is 4.58. The lowest BCUT2D eigenvalue weighted by Crippen LogP contribution is -2.25. The first-order valence-corrected chi connectivity index (χ1v) is 9.80. The third-order valence-corrected chi connectivity index (χ3v) is 5.91. The van der Waals surface area contributed by atoms with Crippen molar-refractivity contribution in [2.45, 2.75) is 32.9 Å². The highest BCUT2D eigenvalue weighted by Gasteiger charge is 2.15. The van der Waals surface area contributed by atoms with Crippen molar-refractivity contribution in [3.05, 3.63) is 69.5 Å². The van der Waals surface area contributed by atoms with E-state index in [0.29, 0.717) is 19.5 Å². The second-order valence-corrected chi connectivity index (χ2v) is 7.63. The predicted octanol–water partition coefficient (Wildman–Crippen LogP) is 4.24. The minimum absolute atomic E-state index is 0.0559. The van der Waals surface area contributed by atoms with Crippen LogP contribution >= 0.6 is 11.3 Å². The molecule has 0 bridgehead atoms. The summed E-state index contributed by atoms with van der Waals surface area (Å²) in [5, 5.41) is 12.2. The Bertz CT molecular complexity index is 1200. The standard InChI is InChI=1S/C21H20N2O3S/c1-14-6-4-9-18-20(14)15(13-27-18)12-23-17-8-3-2-7-16(17)22(21(23)26)11-5-10-19(24)25/h2-4,6-9,13H,5,10-12H2,1H3,(H,24,25). The Morgan fingerprint density at radius 1 is 1.07 bits per heavy atom. The van der Waals surface area contributed by atoms with Gasteiger partial charge in [-0.05, 0) is 48.1 Å². The van der Waals surface area contributed by atoms with Gasteiger partial charge in [0.1, 0.15) is 0 Å². The third-order valence-electron chi connectivity index (χ3n) is 4.91. The Morgan fingerprint density at radius 3 is 2.56 bits per heavy atom. The van der Waals surface area contributed by atoms with Gasteiger partial charge in [0.15, 0.2) is 0 Å². The van der Waals surface area contributed by atoms with Crippen molar-refractivity contribution in [1.29, 1.82) is 0 Å². The second kappa shape index (κ2) is 7.04. The molecule has 0 fully saturated rings. The molecule has 27 heavy (non-hydrogen) atoms. The van der Waals surface area contributed by atoms with Crippen LogP contribution in [0.3, 0.4) is 0 Å². The van der Waals surface area contributed by atoms with Crippen LogP contribution in [0.5, 0.6) is 0 Å². The lowest BCUT2D eigenvalue weighted by Gasteiger charge is -2.04. The molecule has 0 saturated carbocycles. The van der Waals surface area contributed by atoms with E-state index in [1.54, 1.807) is 20.5 Å². The van der Waals surface area contributed by atoms with Crippen LogP contribution in [-0.2, 0) is 17.9 Å². The molecule has 0 amide bonds. The zero-order chi connectivity index (χ0) is 19.0. The van der Waals surface area contributed by atoms with E-state index in [-0.39, 0.29) is 12.1 Å². The smallest absolute Gasteiger partial charge is 0.329 e. The molecule has 0 aliphatic rings. The van der Waals surface area contributed by atoms with Crippen molar-refractivity contribution >= 4 is 38.4 Å². The van der Waals surface area contributed by atoms with E-state index >= 15 is 0 Å². The topological polar surface area (TPSA) is 64.2 Å². The molecule has 0 aliphatic heterocycles. The Balaban J connectivity index is 1.78. The van der Waals surface area contributed by atoms with Gasteiger partial charge in [-0.3, -0.25) is 13.9 Å². The summed E-state index contributed by atoms with van der Waals surface area (Å²) in [6.45, 7) is 3.01. The van der Waals surface area contributed by atoms with E-state index in [4.69, 9.17) is 5.11 Å². The number of fused-ring (bicyclic) bond motifs is 2. The number of para-hydroxylation sites is 2. The van der Waals surface area contributed by atoms with E-state index in [9.17, 15) is 9.59 Å². The molecule has 0 radical (unpaired) electrons. The van der Waals surface area contributed by atoms with Gasteiger partial charge in [-0.15, -0.1) is 11.3 Å². The Morgan fingerprint density at radius 2 is 1.81 bits per heavy atom. The minimum atomic E-state index is -0.841. The molecule has 5 nitrogen and oxygen atoms in total. The largest absolute Gasteiger partial charge is 0.481 e. The van der Waals surface area contributed by atoms with Crippen molar-refractivity contribution in [2.75, 3.05) is 0 Å². The number of nitrogens with zero attached hydrogens (tertiary/aromatic N) is 2. The summed E-state index contributed by atoms with van der Waals surface area (Å²) in [6.07, 6.45) is 0.490. The van der Waals surface area contributed by atoms with Gasteiger partial charge < -0.3 is 5.11 Å². The highest BCUT2D eigenvalue weighted by molar-refractivity contribution is 7.17. The first kappa shape index (κ1) is 17.5. The van der Waals surface area contributed by atoms with Crippen LogP contribution in [0.4, 0.5) is 0 Å². The summed E-state index contributed by atoms with van der Waals surface area (Å²) >= 11 is 1.70. The second-order valence-electron chi connectivity index (χ2n) is 6.72. The number of imidazole rings is 1. The van der Waals surface area contributed by atoms with E-state index in [2.05, 4.69) is 30.5 Å². The summed E-state index contributed by atoms with van der Waals surface area (Å²) in [6, 6.07) is 14.0. The molecular formula is C21H20N2O3S. The monoisotopic (exact) mass is 380 g/mol. The third kappa shape index (κ3) is 3.17.